The van der Waals surface area contributed by atoms with Gasteiger partial charge >= 0.3 is 12.3 Å². The van der Waals surface area contributed by atoms with Crippen LogP contribution in [0.15, 0.2) is 36.8 Å². The zero-order valence-corrected chi connectivity index (χ0v) is 16.3. The Morgan fingerprint density at radius 3 is 2.81 bits per heavy atom. The minimum absolute atomic E-state index is 0.00916. The van der Waals surface area contributed by atoms with E-state index in [-0.39, 0.29) is 46.3 Å². The topological polar surface area (TPSA) is 143 Å². The summed E-state index contributed by atoms with van der Waals surface area (Å²) in [5, 5.41) is 9.96. The van der Waals surface area contributed by atoms with Gasteiger partial charge in [-0.05, 0) is 12.1 Å². The standard InChI is InChI=1S/C18H14F3N7O4/c1-30-17(29)11-6-28(8-23-11)10-3-2-9(12(4-10)32-18(19,20)21)7-31-13-5-14(22)24-16-15(13)25-27-26-16/h2-6,8H,7H2,1H3,(H3,22,24,25,26,27). The largest absolute Gasteiger partial charge is 0.573 e. The number of methoxy groups -OCH3 is 1. The Balaban J connectivity index is 1.64. The summed E-state index contributed by atoms with van der Waals surface area (Å²) in [6.07, 6.45) is -2.37. The van der Waals surface area contributed by atoms with Gasteiger partial charge in [-0.3, -0.25) is 0 Å². The number of H-pyrrole nitrogens is 1. The van der Waals surface area contributed by atoms with Crippen LogP contribution in [-0.4, -0.2) is 49.4 Å². The number of nitrogens with zero attached hydrogens (tertiary/aromatic N) is 5. The minimum atomic E-state index is -4.94. The number of rotatable bonds is 6. The Morgan fingerprint density at radius 2 is 2.06 bits per heavy atom. The molecule has 0 unspecified atom stereocenters. The second-order valence-corrected chi connectivity index (χ2v) is 6.34. The van der Waals surface area contributed by atoms with E-state index in [4.69, 9.17) is 10.5 Å². The number of hydrogen-bond donors (Lipinski definition) is 2. The first-order valence-electron chi connectivity index (χ1n) is 8.85. The molecule has 0 radical (unpaired) electrons. The molecule has 3 heterocycles. The Labute approximate surface area is 176 Å². The van der Waals surface area contributed by atoms with Crippen molar-refractivity contribution < 1.29 is 32.2 Å². The maximum absolute atomic E-state index is 13.0. The molecule has 3 aromatic heterocycles. The van der Waals surface area contributed by atoms with Crippen LogP contribution in [0.4, 0.5) is 19.0 Å². The Hall–Kier alpha value is -4.36. The highest BCUT2D eigenvalue weighted by molar-refractivity contribution is 5.86. The monoisotopic (exact) mass is 449 g/mol. The SMILES string of the molecule is COC(=O)c1cn(-c2ccc(COc3cc(N)nc4[nH]nnc34)c(OC(F)(F)F)c2)cn1. The molecule has 0 bridgehead atoms. The number of aromatic amines is 1. The van der Waals surface area contributed by atoms with Crippen molar-refractivity contribution in [1.29, 1.82) is 0 Å². The number of imidazole rings is 1. The van der Waals surface area contributed by atoms with Crippen LogP contribution in [0.3, 0.4) is 0 Å². The molecule has 32 heavy (non-hydrogen) atoms. The molecule has 0 aliphatic heterocycles. The third-order valence-corrected chi connectivity index (χ3v) is 4.22. The number of aromatic nitrogens is 6. The molecule has 14 heteroatoms. The molecule has 4 aromatic rings. The van der Waals surface area contributed by atoms with Gasteiger partial charge in [0.1, 0.15) is 24.5 Å². The first kappa shape index (κ1) is 20.9. The molecule has 0 amide bonds. The number of nitrogens with one attached hydrogen (secondary N) is 1. The number of pyridine rings is 1. The molecule has 0 spiro atoms. The van der Waals surface area contributed by atoms with Crippen LogP contribution in [0.2, 0.25) is 0 Å². The number of carbonyl (C=O) groups excluding carboxylic acids is 1. The van der Waals surface area contributed by atoms with Crippen LogP contribution >= 0.6 is 0 Å². The summed E-state index contributed by atoms with van der Waals surface area (Å²) in [4.78, 5) is 19.4. The van der Waals surface area contributed by atoms with Crippen LogP contribution in [0.5, 0.6) is 11.5 Å². The zero-order chi connectivity index (χ0) is 22.9. The van der Waals surface area contributed by atoms with E-state index in [1.54, 1.807) is 0 Å². The number of hydrogen-bond acceptors (Lipinski definition) is 9. The quantitative estimate of drug-likeness (QED) is 0.424. The average Bonchev–Trinajstić information content (AvgIpc) is 3.40. The van der Waals surface area contributed by atoms with Gasteiger partial charge in [-0.1, -0.05) is 5.21 Å². The van der Waals surface area contributed by atoms with Crippen LogP contribution in [0.1, 0.15) is 16.1 Å². The average molecular weight is 449 g/mol. The summed E-state index contributed by atoms with van der Waals surface area (Å²) in [5.41, 5.74) is 6.58. The second kappa shape index (κ2) is 8.05. The molecule has 0 aliphatic rings. The highest BCUT2D eigenvalue weighted by Gasteiger charge is 2.32. The molecule has 0 aliphatic carbocycles. The van der Waals surface area contributed by atoms with Gasteiger partial charge in [-0.15, -0.1) is 18.3 Å². The van der Waals surface area contributed by atoms with Crippen LogP contribution in [-0.2, 0) is 11.3 Å². The number of ether oxygens (including phenoxy) is 3. The summed E-state index contributed by atoms with van der Waals surface area (Å²) < 4.78 is 54.7. The van der Waals surface area contributed by atoms with Gasteiger partial charge in [-0.2, -0.15) is 0 Å². The maximum Gasteiger partial charge on any atom is 0.573 e. The van der Waals surface area contributed by atoms with Gasteiger partial charge < -0.3 is 24.5 Å². The number of halogens is 3. The molecular formula is C18H14F3N7O4. The van der Waals surface area contributed by atoms with E-state index >= 15 is 0 Å². The van der Waals surface area contributed by atoms with Crippen LogP contribution in [0, 0.1) is 0 Å². The fraction of sp³-hybridized carbons (Fsp3) is 0.167. The number of benzene rings is 1. The molecule has 0 saturated heterocycles. The van der Waals surface area contributed by atoms with Crippen molar-refractivity contribution in [2.24, 2.45) is 0 Å². The van der Waals surface area contributed by atoms with E-state index in [0.29, 0.717) is 0 Å². The molecular weight excluding hydrogens is 435 g/mol. The fourth-order valence-electron chi connectivity index (χ4n) is 2.81. The summed E-state index contributed by atoms with van der Waals surface area (Å²) in [6, 6.07) is 5.42. The summed E-state index contributed by atoms with van der Waals surface area (Å²) in [7, 11) is 1.19. The molecule has 3 N–H and O–H groups in total. The molecule has 4 rings (SSSR count). The van der Waals surface area contributed by atoms with Crippen molar-refractivity contribution in [3.05, 3.63) is 48.0 Å². The van der Waals surface area contributed by atoms with Gasteiger partial charge in [-0.25, -0.2) is 19.9 Å². The van der Waals surface area contributed by atoms with E-state index in [9.17, 15) is 18.0 Å². The van der Waals surface area contributed by atoms with Crippen molar-refractivity contribution in [1.82, 2.24) is 29.9 Å². The first-order valence-corrected chi connectivity index (χ1v) is 8.85. The summed E-state index contributed by atoms with van der Waals surface area (Å²) in [6.45, 7) is -0.297. The van der Waals surface area contributed by atoms with Gasteiger partial charge in [0, 0.05) is 23.9 Å². The van der Waals surface area contributed by atoms with Crippen molar-refractivity contribution in [3.8, 4) is 17.2 Å². The van der Waals surface area contributed by atoms with Crippen molar-refractivity contribution in [3.63, 3.8) is 0 Å². The van der Waals surface area contributed by atoms with Gasteiger partial charge in [0.15, 0.2) is 22.6 Å². The van der Waals surface area contributed by atoms with E-state index in [1.807, 2.05) is 0 Å². The number of fused-ring (bicyclic) bond motifs is 1. The maximum atomic E-state index is 13.0. The van der Waals surface area contributed by atoms with E-state index < -0.39 is 18.1 Å². The second-order valence-electron chi connectivity index (χ2n) is 6.34. The number of anilines is 1. The normalized spacial score (nSPS) is 11.5. The van der Waals surface area contributed by atoms with Crippen LogP contribution < -0.4 is 15.2 Å². The predicted molar refractivity (Wildman–Crippen MR) is 102 cm³/mol. The van der Waals surface area contributed by atoms with Crippen molar-refractivity contribution in [2.75, 3.05) is 12.8 Å². The fourth-order valence-corrected chi connectivity index (χ4v) is 2.81. The number of alkyl halides is 3. The number of esters is 1. The number of nitrogen functional groups attached to an aromatic ring is 1. The lowest BCUT2D eigenvalue weighted by Crippen LogP contribution is -2.18. The Morgan fingerprint density at radius 1 is 1.25 bits per heavy atom. The lowest BCUT2D eigenvalue weighted by molar-refractivity contribution is -0.275. The molecule has 0 saturated carbocycles. The molecule has 0 fully saturated rings. The molecule has 11 nitrogen and oxygen atoms in total. The van der Waals surface area contributed by atoms with E-state index in [2.05, 4.69) is 34.9 Å². The van der Waals surface area contributed by atoms with Crippen LogP contribution in [0.25, 0.3) is 16.9 Å². The lowest BCUT2D eigenvalue weighted by atomic mass is 10.2. The zero-order valence-electron chi connectivity index (χ0n) is 16.3. The third-order valence-electron chi connectivity index (χ3n) is 4.22. The van der Waals surface area contributed by atoms with Gasteiger partial charge in [0.2, 0.25) is 0 Å². The predicted octanol–water partition coefficient (Wildman–Crippen LogP) is 2.38. The van der Waals surface area contributed by atoms with Gasteiger partial charge in [0.25, 0.3) is 0 Å². The smallest absolute Gasteiger partial charge is 0.486 e. The van der Waals surface area contributed by atoms with Gasteiger partial charge in [0.05, 0.1) is 12.8 Å². The minimum Gasteiger partial charge on any atom is -0.486 e. The number of nitrogens with two attached hydrogens (primary N) is 1. The lowest BCUT2D eigenvalue weighted by Gasteiger charge is -2.16. The summed E-state index contributed by atoms with van der Waals surface area (Å²) in [5.74, 6) is -0.888. The Kier molecular flexibility index (Phi) is 5.26. The van der Waals surface area contributed by atoms with E-state index in [0.717, 1.165) is 6.07 Å². The van der Waals surface area contributed by atoms with Crippen molar-refractivity contribution >= 4 is 23.0 Å². The molecule has 1 aromatic carbocycles. The van der Waals surface area contributed by atoms with E-state index in [1.165, 1.54) is 42.4 Å². The number of carbonyl (C=O) groups is 1. The molecule has 0 atom stereocenters. The highest BCUT2D eigenvalue weighted by Crippen LogP contribution is 2.31. The molecule has 166 valence electrons. The third kappa shape index (κ3) is 4.38. The summed E-state index contributed by atoms with van der Waals surface area (Å²) >= 11 is 0. The first-order chi connectivity index (χ1) is 15.2. The van der Waals surface area contributed by atoms with Crippen molar-refractivity contribution in [2.45, 2.75) is 13.0 Å². The highest BCUT2D eigenvalue weighted by atomic mass is 19.4. The Bertz CT molecular complexity index is 1290.